The molecule has 0 radical (unpaired) electrons. The first-order valence-electron chi connectivity index (χ1n) is 6.52. The summed E-state index contributed by atoms with van der Waals surface area (Å²) in [5.74, 6) is 0.854. The van der Waals surface area contributed by atoms with Crippen LogP contribution in [0.1, 0.15) is 31.9 Å². The second-order valence-corrected chi connectivity index (χ2v) is 5.77. The third-order valence-corrected chi connectivity index (χ3v) is 4.01. The smallest absolute Gasteiger partial charge is 0.219 e. The average Bonchev–Trinajstić information content (AvgIpc) is 2.55. The zero-order chi connectivity index (χ0) is 13.0. The zero-order valence-corrected chi connectivity index (χ0v) is 12.3. The number of amides is 1. The summed E-state index contributed by atoms with van der Waals surface area (Å²) in [4.78, 5) is 17.8. The van der Waals surface area contributed by atoms with Crippen molar-refractivity contribution in [2.75, 3.05) is 13.1 Å². The van der Waals surface area contributed by atoms with Crippen molar-refractivity contribution in [3.05, 3.63) is 28.5 Å². The highest BCUT2D eigenvalue weighted by molar-refractivity contribution is 9.10. The lowest BCUT2D eigenvalue weighted by molar-refractivity contribution is -0.128. The Bertz CT molecular complexity index is 422. The first-order valence-corrected chi connectivity index (χ1v) is 7.31. The van der Waals surface area contributed by atoms with E-state index in [0.717, 1.165) is 42.6 Å². The van der Waals surface area contributed by atoms with Crippen molar-refractivity contribution in [2.24, 2.45) is 5.92 Å². The SMILES string of the molecule is CC(=O)N1CCCC(Cc2cccc(Br)n2)CC1. The molecule has 0 bridgehead atoms. The molecule has 1 atom stereocenters. The standard InChI is InChI=1S/C14H19BrN2O/c1-11(18)17-8-3-4-12(7-9-17)10-13-5-2-6-14(15)16-13/h2,5-6,12H,3-4,7-10H2,1H3. The van der Waals surface area contributed by atoms with Gasteiger partial charge in [0.15, 0.2) is 0 Å². The summed E-state index contributed by atoms with van der Waals surface area (Å²) >= 11 is 3.41. The molecule has 1 aromatic heterocycles. The average molecular weight is 311 g/mol. The Morgan fingerprint density at radius 2 is 2.28 bits per heavy atom. The van der Waals surface area contributed by atoms with Gasteiger partial charge >= 0.3 is 0 Å². The van der Waals surface area contributed by atoms with Crippen LogP contribution in [0.3, 0.4) is 0 Å². The van der Waals surface area contributed by atoms with Crippen LogP contribution in [0.5, 0.6) is 0 Å². The number of likely N-dealkylation sites (tertiary alicyclic amines) is 1. The maximum Gasteiger partial charge on any atom is 0.219 e. The number of halogens is 1. The quantitative estimate of drug-likeness (QED) is 0.787. The topological polar surface area (TPSA) is 33.2 Å². The van der Waals surface area contributed by atoms with Gasteiger partial charge < -0.3 is 4.90 Å². The van der Waals surface area contributed by atoms with Crippen molar-refractivity contribution < 1.29 is 4.79 Å². The maximum atomic E-state index is 11.4. The van der Waals surface area contributed by atoms with Gasteiger partial charge in [0.2, 0.25) is 5.91 Å². The van der Waals surface area contributed by atoms with E-state index in [4.69, 9.17) is 0 Å². The molecule has 4 heteroatoms. The minimum Gasteiger partial charge on any atom is -0.343 e. The molecule has 1 saturated heterocycles. The Labute approximate surface area is 117 Å². The molecular formula is C14H19BrN2O. The van der Waals surface area contributed by atoms with E-state index in [9.17, 15) is 4.79 Å². The third kappa shape index (κ3) is 3.80. The molecule has 1 fully saturated rings. The van der Waals surface area contributed by atoms with Gasteiger partial charge in [-0.05, 0) is 59.7 Å². The molecule has 18 heavy (non-hydrogen) atoms. The van der Waals surface area contributed by atoms with Crippen molar-refractivity contribution >= 4 is 21.8 Å². The molecule has 0 N–H and O–H groups in total. The van der Waals surface area contributed by atoms with E-state index < -0.39 is 0 Å². The molecular weight excluding hydrogens is 292 g/mol. The molecule has 1 aliphatic rings. The van der Waals surface area contributed by atoms with E-state index >= 15 is 0 Å². The van der Waals surface area contributed by atoms with E-state index in [1.165, 1.54) is 6.42 Å². The number of aromatic nitrogens is 1. The van der Waals surface area contributed by atoms with Crippen LogP contribution in [0.25, 0.3) is 0 Å². The monoisotopic (exact) mass is 310 g/mol. The predicted molar refractivity (Wildman–Crippen MR) is 75.2 cm³/mol. The second kappa shape index (κ2) is 6.32. The first-order chi connectivity index (χ1) is 8.65. The number of carbonyl (C=O) groups excluding carboxylic acids is 1. The van der Waals surface area contributed by atoms with Gasteiger partial charge in [0.1, 0.15) is 4.60 Å². The number of pyridine rings is 1. The molecule has 1 aromatic rings. The maximum absolute atomic E-state index is 11.4. The van der Waals surface area contributed by atoms with Crippen molar-refractivity contribution in [2.45, 2.75) is 32.6 Å². The van der Waals surface area contributed by atoms with Crippen molar-refractivity contribution in [1.29, 1.82) is 0 Å². The van der Waals surface area contributed by atoms with E-state index in [1.807, 2.05) is 17.0 Å². The third-order valence-electron chi connectivity index (χ3n) is 3.56. The Morgan fingerprint density at radius 1 is 1.44 bits per heavy atom. The van der Waals surface area contributed by atoms with E-state index in [-0.39, 0.29) is 5.91 Å². The number of hydrogen-bond donors (Lipinski definition) is 0. The van der Waals surface area contributed by atoms with Gasteiger partial charge in [-0.2, -0.15) is 0 Å². The molecule has 3 nitrogen and oxygen atoms in total. The lowest BCUT2D eigenvalue weighted by Crippen LogP contribution is -2.29. The van der Waals surface area contributed by atoms with Crippen molar-refractivity contribution in [1.82, 2.24) is 9.88 Å². The number of nitrogens with zero attached hydrogens (tertiary/aromatic N) is 2. The molecule has 0 aromatic carbocycles. The van der Waals surface area contributed by atoms with Crippen molar-refractivity contribution in [3.63, 3.8) is 0 Å². The normalized spacial score (nSPS) is 20.6. The number of carbonyl (C=O) groups is 1. The van der Waals surface area contributed by atoms with Gasteiger partial charge in [0.05, 0.1) is 0 Å². The lowest BCUT2D eigenvalue weighted by atomic mass is 9.95. The van der Waals surface area contributed by atoms with Gasteiger partial charge in [-0.3, -0.25) is 4.79 Å². The number of rotatable bonds is 2. The van der Waals surface area contributed by atoms with E-state index in [2.05, 4.69) is 27.0 Å². The summed E-state index contributed by atoms with van der Waals surface area (Å²) < 4.78 is 0.902. The summed E-state index contributed by atoms with van der Waals surface area (Å²) in [6.45, 7) is 3.47. The highest BCUT2D eigenvalue weighted by Crippen LogP contribution is 2.21. The minimum atomic E-state index is 0.205. The molecule has 0 saturated carbocycles. The molecule has 98 valence electrons. The Hall–Kier alpha value is -0.900. The van der Waals surface area contributed by atoms with Crippen LogP contribution < -0.4 is 0 Å². The fraction of sp³-hybridized carbons (Fsp3) is 0.571. The van der Waals surface area contributed by atoms with Crippen LogP contribution >= 0.6 is 15.9 Å². The van der Waals surface area contributed by atoms with Crippen LogP contribution in [0, 0.1) is 5.92 Å². The van der Waals surface area contributed by atoms with Gasteiger partial charge in [-0.1, -0.05) is 6.07 Å². The van der Waals surface area contributed by atoms with Gasteiger partial charge in [0, 0.05) is 25.7 Å². The largest absolute Gasteiger partial charge is 0.343 e. The fourth-order valence-electron chi connectivity index (χ4n) is 2.54. The molecule has 1 amide bonds. The summed E-state index contributed by atoms with van der Waals surface area (Å²) in [6, 6.07) is 6.07. The van der Waals surface area contributed by atoms with Crippen LogP contribution in [0.15, 0.2) is 22.8 Å². The van der Waals surface area contributed by atoms with Gasteiger partial charge in [-0.15, -0.1) is 0 Å². The minimum absolute atomic E-state index is 0.205. The van der Waals surface area contributed by atoms with Crippen molar-refractivity contribution in [3.8, 4) is 0 Å². The van der Waals surface area contributed by atoms with E-state index in [1.54, 1.807) is 6.92 Å². The zero-order valence-electron chi connectivity index (χ0n) is 10.7. The number of hydrogen-bond acceptors (Lipinski definition) is 2. The summed E-state index contributed by atoms with van der Waals surface area (Å²) in [7, 11) is 0. The Morgan fingerprint density at radius 3 is 3.00 bits per heavy atom. The summed E-state index contributed by atoms with van der Waals surface area (Å²) in [6.07, 6.45) is 4.41. The molecule has 0 spiro atoms. The first kappa shape index (κ1) is 13.5. The second-order valence-electron chi connectivity index (χ2n) is 4.96. The predicted octanol–water partition coefficient (Wildman–Crippen LogP) is 3.04. The molecule has 2 heterocycles. The molecule has 2 rings (SSSR count). The fourth-order valence-corrected chi connectivity index (χ4v) is 2.92. The summed E-state index contributed by atoms with van der Waals surface area (Å²) in [5, 5.41) is 0. The molecule has 0 aliphatic carbocycles. The van der Waals surface area contributed by atoms with Crippen LogP contribution in [-0.2, 0) is 11.2 Å². The highest BCUT2D eigenvalue weighted by Gasteiger charge is 2.19. The van der Waals surface area contributed by atoms with Crippen LogP contribution in [-0.4, -0.2) is 28.9 Å². The summed E-state index contributed by atoms with van der Waals surface area (Å²) in [5.41, 5.74) is 1.14. The lowest BCUT2D eigenvalue weighted by Gasteiger charge is -2.18. The highest BCUT2D eigenvalue weighted by atomic mass is 79.9. The molecule has 1 unspecified atom stereocenters. The van der Waals surface area contributed by atoms with Gasteiger partial charge in [-0.25, -0.2) is 4.98 Å². The van der Waals surface area contributed by atoms with Crippen LogP contribution in [0.4, 0.5) is 0 Å². The van der Waals surface area contributed by atoms with Gasteiger partial charge in [0.25, 0.3) is 0 Å². The van der Waals surface area contributed by atoms with E-state index in [0.29, 0.717) is 5.92 Å². The Kier molecular flexibility index (Phi) is 4.75. The Balaban J connectivity index is 1.92. The molecule has 1 aliphatic heterocycles. The van der Waals surface area contributed by atoms with Crippen LogP contribution in [0.2, 0.25) is 0 Å².